The highest BCUT2D eigenvalue weighted by Crippen LogP contribution is 2.14. The number of benzene rings is 2. The van der Waals surface area contributed by atoms with E-state index >= 15 is 0 Å². The summed E-state index contributed by atoms with van der Waals surface area (Å²) in [4.78, 5) is 37.3. The van der Waals surface area contributed by atoms with E-state index in [1.807, 2.05) is 6.26 Å². The molecule has 0 unspecified atom stereocenters. The van der Waals surface area contributed by atoms with E-state index in [1.165, 1.54) is 43.0 Å². The summed E-state index contributed by atoms with van der Waals surface area (Å²) in [5, 5.41) is 10.2. The van der Waals surface area contributed by atoms with Crippen molar-refractivity contribution in [2.75, 3.05) is 17.3 Å². The SMILES string of the molecule is CSCC[C@H](NC(=O)c1ccccc1)C(=O)O[C@@H](C)C(=O)Nc1ccc(S(N)(=O)=O)cc1. The predicted octanol–water partition coefficient (Wildman–Crippen LogP) is 1.76. The highest BCUT2D eigenvalue weighted by molar-refractivity contribution is 7.98. The molecule has 0 aliphatic carbocycles. The lowest BCUT2D eigenvalue weighted by Gasteiger charge is -2.20. The van der Waals surface area contributed by atoms with Crippen LogP contribution in [0.25, 0.3) is 0 Å². The third-order valence-electron chi connectivity index (χ3n) is 4.35. The summed E-state index contributed by atoms with van der Waals surface area (Å²) >= 11 is 1.51. The number of nitrogens with two attached hydrogens (primary N) is 1. The molecule has 11 heteroatoms. The van der Waals surface area contributed by atoms with E-state index in [9.17, 15) is 22.8 Å². The molecule has 4 N–H and O–H groups in total. The minimum atomic E-state index is -3.85. The molecule has 0 heterocycles. The number of esters is 1. The number of sulfonamides is 1. The van der Waals surface area contributed by atoms with Crippen LogP contribution in [0.1, 0.15) is 23.7 Å². The van der Waals surface area contributed by atoms with Crippen molar-refractivity contribution in [3.63, 3.8) is 0 Å². The standard InChI is InChI=1S/C21H25N3O6S2/c1-14(19(25)23-16-8-10-17(11-9-16)32(22,28)29)30-21(27)18(12-13-31-2)24-20(26)15-6-4-3-5-7-15/h3-11,14,18H,12-13H2,1-2H3,(H,23,25)(H,24,26)(H2,22,28,29)/t14-,18-/m0/s1. The van der Waals surface area contributed by atoms with E-state index in [1.54, 1.807) is 30.3 Å². The molecule has 2 amide bonds. The van der Waals surface area contributed by atoms with Crippen LogP contribution in [0, 0.1) is 0 Å². The average molecular weight is 480 g/mol. The average Bonchev–Trinajstić information content (AvgIpc) is 2.76. The number of anilines is 1. The molecule has 0 saturated carbocycles. The number of amides is 2. The van der Waals surface area contributed by atoms with Gasteiger partial charge in [-0.15, -0.1) is 0 Å². The van der Waals surface area contributed by atoms with Gasteiger partial charge < -0.3 is 15.4 Å². The monoisotopic (exact) mass is 479 g/mol. The van der Waals surface area contributed by atoms with E-state index in [0.29, 0.717) is 23.4 Å². The van der Waals surface area contributed by atoms with Gasteiger partial charge in [0.25, 0.3) is 11.8 Å². The van der Waals surface area contributed by atoms with Gasteiger partial charge in [0.1, 0.15) is 6.04 Å². The van der Waals surface area contributed by atoms with Gasteiger partial charge in [-0.1, -0.05) is 18.2 Å². The molecule has 2 aromatic carbocycles. The van der Waals surface area contributed by atoms with E-state index in [-0.39, 0.29) is 4.90 Å². The van der Waals surface area contributed by atoms with Gasteiger partial charge in [0, 0.05) is 11.3 Å². The molecule has 2 aromatic rings. The van der Waals surface area contributed by atoms with Gasteiger partial charge in [-0.3, -0.25) is 9.59 Å². The molecule has 32 heavy (non-hydrogen) atoms. The van der Waals surface area contributed by atoms with E-state index in [0.717, 1.165) is 0 Å². The largest absolute Gasteiger partial charge is 0.451 e. The third-order valence-corrected chi connectivity index (χ3v) is 5.92. The molecule has 0 bridgehead atoms. The summed E-state index contributed by atoms with van der Waals surface area (Å²) in [5.41, 5.74) is 0.713. The van der Waals surface area contributed by atoms with Gasteiger partial charge in [0.15, 0.2) is 6.10 Å². The quantitative estimate of drug-likeness (QED) is 0.440. The summed E-state index contributed by atoms with van der Waals surface area (Å²) in [6.45, 7) is 1.40. The second-order valence-electron chi connectivity index (χ2n) is 6.81. The Bertz CT molecular complexity index is 1040. The lowest BCUT2D eigenvalue weighted by Crippen LogP contribution is -2.44. The zero-order valence-electron chi connectivity index (χ0n) is 17.6. The lowest BCUT2D eigenvalue weighted by atomic mass is 10.1. The maximum absolute atomic E-state index is 12.6. The van der Waals surface area contributed by atoms with Crippen molar-refractivity contribution in [1.82, 2.24) is 5.32 Å². The Morgan fingerprint density at radius 1 is 1.06 bits per heavy atom. The minimum absolute atomic E-state index is 0.0965. The molecule has 9 nitrogen and oxygen atoms in total. The fourth-order valence-corrected chi connectivity index (χ4v) is 3.58. The molecule has 0 spiro atoms. The molecule has 0 aliphatic heterocycles. The summed E-state index contributed by atoms with van der Waals surface area (Å²) in [7, 11) is -3.85. The Balaban J connectivity index is 1.99. The normalized spacial score (nSPS) is 13.0. The van der Waals surface area contributed by atoms with Crippen molar-refractivity contribution in [3.8, 4) is 0 Å². The number of carbonyl (C=O) groups is 3. The van der Waals surface area contributed by atoms with Crippen molar-refractivity contribution in [1.29, 1.82) is 0 Å². The molecule has 2 rings (SSSR count). The predicted molar refractivity (Wildman–Crippen MR) is 123 cm³/mol. The number of hydrogen-bond donors (Lipinski definition) is 3. The summed E-state index contributed by atoms with van der Waals surface area (Å²) < 4.78 is 27.9. The minimum Gasteiger partial charge on any atom is -0.451 e. The molecular formula is C21H25N3O6S2. The first-order valence-electron chi connectivity index (χ1n) is 9.61. The number of rotatable bonds is 10. The van der Waals surface area contributed by atoms with Crippen LogP contribution in [0.15, 0.2) is 59.5 Å². The molecule has 0 radical (unpaired) electrons. The van der Waals surface area contributed by atoms with E-state index in [2.05, 4.69) is 10.6 Å². The smallest absolute Gasteiger partial charge is 0.329 e. The van der Waals surface area contributed by atoms with Crippen molar-refractivity contribution in [2.24, 2.45) is 5.14 Å². The summed E-state index contributed by atoms with van der Waals surface area (Å²) in [6.07, 6.45) is 1.06. The topological polar surface area (TPSA) is 145 Å². The Kier molecular flexibility index (Phi) is 9.24. The van der Waals surface area contributed by atoms with Crippen molar-refractivity contribution >= 4 is 45.3 Å². The van der Waals surface area contributed by atoms with Crippen LogP contribution in [0.2, 0.25) is 0 Å². The van der Waals surface area contributed by atoms with Gasteiger partial charge in [-0.05, 0) is 61.8 Å². The van der Waals surface area contributed by atoms with E-state index < -0.39 is 40.0 Å². The number of nitrogens with one attached hydrogen (secondary N) is 2. The second kappa shape index (κ2) is 11.7. The fourth-order valence-electron chi connectivity index (χ4n) is 2.60. The fraction of sp³-hybridized carbons (Fsp3) is 0.286. The van der Waals surface area contributed by atoms with Gasteiger partial charge in [-0.25, -0.2) is 18.4 Å². The Hall–Kier alpha value is -2.89. The van der Waals surface area contributed by atoms with Crippen LogP contribution in [0.3, 0.4) is 0 Å². The summed E-state index contributed by atoms with van der Waals surface area (Å²) in [6, 6.07) is 12.8. The first-order valence-corrected chi connectivity index (χ1v) is 12.5. The highest BCUT2D eigenvalue weighted by atomic mass is 32.2. The number of thioether (sulfide) groups is 1. The zero-order chi connectivity index (χ0) is 23.7. The number of carbonyl (C=O) groups excluding carboxylic acids is 3. The molecule has 0 saturated heterocycles. The van der Waals surface area contributed by atoms with Crippen LogP contribution < -0.4 is 15.8 Å². The maximum Gasteiger partial charge on any atom is 0.329 e. The zero-order valence-corrected chi connectivity index (χ0v) is 19.2. The van der Waals surface area contributed by atoms with Crippen molar-refractivity contribution in [2.45, 2.75) is 30.4 Å². The van der Waals surface area contributed by atoms with Crippen LogP contribution in [0.5, 0.6) is 0 Å². The second-order valence-corrected chi connectivity index (χ2v) is 9.36. The number of ether oxygens (including phenoxy) is 1. The lowest BCUT2D eigenvalue weighted by molar-refractivity contribution is -0.155. The number of primary sulfonamides is 1. The summed E-state index contributed by atoms with van der Waals surface area (Å²) in [5.74, 6) is -1.15. The van der Waals surface area contributed by atoms with Gasteiger partial charge in [0.2, 0.25) is 10.0 Å². The van der Waals surface area contributed by atoms with Crippen LogP contribution in [-0.4, -0.2) is 50.4 Å². The first kappa shape index (κ1) is 25.4. The van der Waals surface area contributed by atoms with Gasteiger partial charge in [0.05, 0.1) is 4.90 Å². The molecule has 172 valence electrons. The molecule has 0 aliphatic rings. The Labute approximate surface area is 191 Å². The first-order chi connectivity index (χ1) is 15.1. The Morgan fingerprint density at radius 2 is 1.69 bits per heavy atom. The molecular weight excluding hydrogens is 454 g/mol. The van der Waals surface area contributed by atoms with Crippen molar-refractivity contribution < 1.29 is 27.5 Å². The van der Waals surface area contributed by atoms with Crippen molar-refractivity contribution in [3.05, 3.63) is 60.2 Å². The Morgan fingerprint density at radius 3 is 2.25 bits per heavy atom. The molecule has 0 aromatic heterocycles. The van der Waals surface area contributed by atoms with Gasteiger partial charge >= 0.3 is 5.97 Å². The van der Waals surface area contributed by atoms with Crippen LogP contribution in [0.4, 0.5) is 5.69 Å². The maximum atomic E-state index is 12.6. The molecule has 0 fully saturated rings. The third kappa shape index (κ3) is 7.66. The number of hydrogen-bond acceptors (Lipinski definition) is 7. The van der Waals surface area contributed by atoms with Crippen LogP contribution >= 0.6 is 11.8 Å². The molecule has 2 atom stereocenters. The van der Waals surface area contributed by atoms with Gasteiger partial charge in [-0.2, -0.15) is 11.8 Å². The van der Waals surface area contributed by atoms with Crippen LogP contribution in [-0.2, 0) is 24.3 Å². The van der Waals surface area contributed by atoms with E-state index in [4.69, 9.17) is 9.88 Å². The highest BCUT2D eigenvalue weighted by Gasteiger charge is 2.26.